The van der Waals surface area contributed by atoms with E-state index in [-0.39, 0.29) is 25.0 Å². The van der Waals surface area contributed by atoms with Gasteiger partial charge in [0.1, 0.15) is 5.75 Å². The number of allylic oxidation sites excluding steroid dienone is 1. The van der Waals surface area contributed by atoms with Gasteiger partial charge in [0.2, 0.25) is 0 Å². The second-order valence-corrected chi connectivity index (χ2v) is 13.2. The number of hydrogen-bond acceptors (Lipinski definition) is 7. The molecule has 11 heteroatoms. The lowest BCUT2D eigenvalue weighted by Crippen LogP contribution is -2.44. The molecule has 2 heterocycles. The van der Waals surface area contributed by atoms with Crippen LogP contribution in [-0.2, 0) is 23.5 Å². The van der Waals surface area contributed by atoms with Crippen LogP contribution < -0.4 is 15.0 Å². The van der Waals surface area contributed by atoms with Crippen LogP contribution >= 0.6 is 15.9 Å². The van der Waals surface area contributed by atoms with Crippen LogP contribution in [0.1, 0.15) is 52.0 Å². The Morgan fingerprint density at radius 1 is 1.04 bits per heavy atom. The van der Waals surface area contributed by atoms with E-state index < -0.39 is 17.4 Å². The molecule has 4 aromatic carbocycles. The fraction of sp³-hybridized carbons (Fsp3) is 0.231. The molecule has 3 N–H and O–H groups in total. The fourth-order valence-corrected chi connectivity index (χ4v) is 6.54. The number of anilines is 2. The van der Waals surface area contributed by atoms with Crippen LogP contribution in [-0.4, -0.2) is 50.7 Å². The minimum atomic E-state index is -1.77. The van der Waals surface area contributed by atoms with Crippen molar-refractivity contribution in [2.24, 2.45) is 5.92 Å². The standard InChI is InChI=1S/C39H38BrN5O5/c1-26(8-6-7-21-44-24-35(42-43-44)33(25-46)28-9-4-3-5-10-28)39(49)34-22-30(40)15-20-36(34)45(38(39)48)23-27-11-16-31(17-12-27)41-37(47)29-13-18-32(50-2)19-14-29/h3-6,8-20,22,24,26,33,46,49H,7,21,23,25H2,1-2H3,(H,41,47)/b8-6+/t26-,33?,39+/m0/s1. The first-order chi connectivity index (χ1) is 24.2. The molecule has 0 saturated heterocycles. The maximum atomic E-state index is 14.0. The minimum Gasteiger partial charge on any atom is -0.497 e. The van der Waals surface area contributed by atoms with Gasteiger partial charge in [0.05, 0.1) is 37.6 Å². The van der Waals surface area contributed by atoms with E-state index in [2.05, 4.69) is 31.6 Å². The first kappa shape index (κ1) is 34.8. The number of fused-ring (bicyclic) bond motifs is 1. The quantitative estimate of drug-likeness (QED) is 0.119. The molecule has 5 aromatic rings. The molecule has 256 valence electrons. The zero-order chi connectivity index (χ0) is 35.3. The van der Waals surface area contributed by atoms with Crippen LogP contribution in [0.25, 0.3) is 0 Å². The number of hydrogen-bond donors (Lipinski definition) is 3. The molecule has 1 unspecified atom stereocenters. The number of aromatic nitrogens is 3. The molecule has 10 nitrogen and oxygen atoms in total. The van der Waals surface area contributed by atoms with E-state index in [1.807, 2.05) is 79.9 Å². The molecule has 50 heavy (non-hydrogen) atoms. The Morgan fingerprint density at radius 2 is 1.78 bits per heavy atom. The van der Waals surface area contributed by atoms with Crippen molar-refractivity contribution in [1.29, 1.82) is 0 Å². The summed E-state index contributed by atoms with van der Waals surface area (Å²) in [6.45, 7) is 2.55. The Labute approximate surface area is 299 Å². The predicted octanol–water partition coefficient (Wildman–Crippen LogP) is 6.44. The zero-order valence-electron chi connectivity index (χ0n) is 27.7. The summed E-state index contributed by atoms with van der Waals surface area (Å²) in [4.78, 5) is 28.4. The van der Waals surface area contributed by atoms with E-state index in [9.17, 15) is 19.8 Å². The number of carbonyl (C=O) groups is 2. The number of nitrogens with zero attached hydrogens (tertiary/aromatic N) is 4. The highest BCUT2D eigenvalue weighted by molar-refractivity contribution is 9.10. The van der Waals surface area contributed by atoms with Crippen LogP contribution in [0.5, 0.6) is 5.75 Å². The van der Waals surface area contributed by atoms with Crippen LogP contribution in [0.15, 0.2) is 120 Å². The average Bonchev–Trinajstić information content (AvgIpc) is 3.69. The van der Waals surface area contributed by atoms with Gasteiger partial charge in [-0.2, -0.15) is 0 Å². The third-order valence-electron chi connectivity index (χ3n) is 9.04. The first-order valence-corrected chi connectivity index (χ1v) is 17.1. The smallest absolute Gasteiger partial charge is 0.264 e. The average molecular weight is 737 g/mol. The number of methoxy groups -OCH3 is 1. The summed E-state index contributed by atoms with van der Waals surface area (Å²) in [5.74, 6) is -0.771. The molecule has 0 spiro atoms. The van der Waals surface area contributed by atoms with Crippen molar-refractivity contribution in [1.82, 2.24) is 15.0 Å². The maximum Gasteiger partial charge on any atom is 0.264 e. The van der Waals surface area contributed by atoms with Crippen molar-refractivity contribution in [3.63, 3.8) is 0 Å². The van der Waals surface area contributed by atoms with Crippen molar-refractivity contribution in [3.8, 4) is 5.75 Å². The van der Waals surface area contributed by atoms with Gasteiger partial charge >= 0.3 is 0 Å². The van der Waals surface area contributed by atoms with Crippen molar-refractivity contribution in [3.05, 3.63) is 148 Å². The Kier molecular flexibility index (Phi) is 10.6. The van der Waals surface area contributed by atoms with Crippen LogP contribution in [0.2, 0.25) is 0 Å². The number of benzene rings is 4. The van der Waals surface area contributed by atoms with E-state index in [0.29, 0.717) is 46.9 Å². The number of amides is 2. The highest BCUT2D eigenvalue weighted by atomic mass is 79.9. The number of aryl methyl sites for hydroxylation is 1. The number of ether oxygens (including phenoxy) is 1. The second-order valence-electron chi connectivity index (χ2n) is 12.3. The summed E-state index contributed by atoms with van der Waals surface area (Å²) in [6, 6.07) is 29.4. The minimum absolute atomic E-state index is 0.0732. The Morgan fingerprint density at radius 3 is 2.48 bits per heavy atom. The number of carbonyl (C=O) groups excluding carboxylic acids is 2. The summed E-state index contributed by atoms with van der Waals surface area (Å²) in [6.07, 6.45) is 6.25. The molecule has 1 aliphatic rings. The third kappa shape index (κ3) is 7.25. The van der Waals surface area contributed by atoms with Crippen LogP contribution in [0.4, 0.5) is 11.4 Å². The van der Waals surface area contributed by atoms with Gasteiger partial charge in [0, 0.05) is 39.9 Å². The molecule has 0 bridgehead atoms. The fourth-order valence-electron chi connectivity index (χ4n) is 6.18. The molecular weight excluding hydrogens is 698 g/mol. The lowest BCUT2D eigenvalue weighted by Gasteiger charge is -2.27. The van der Waals surface area contributed by atoms with Gasteiger partial charge < -0.3 is 25.2 Å². The van der Waals surface area contributed by atoms with E-state index in [4.69, 9.17) is 4.74 Å². The molecule has 2 amide bonds. The number of nitrogens with one attached hydrogen (secondary N) is 1. The summed E-state index contributed by atoms with van der Waals surface area (Å²) >= 11 is 3.51. The molecule has 0 radical (unpaired) electrons. The first-order valence-electron chi connectivity index (χ1n) is 16.3. The highest BCUT2D eigenvalue weighted by Crippen LogP contribution is 2.46. The van der Waals surface area contributed by atoms with Gasteiger partial charge in [-0.05, 0) is 72.1 Å². The van der Waals surface area contributed by atoms with Crippen molar-refractivity contribution >= 4 is 39.1 Å². The number of aliphatic hydroxyl groups excluding tert-OH is 1. The van der Waals surface area contributed by atoms with Gasteiger partial charge in [0.25, 0.3) is 11.8 Å². The number of halogens is 1. The van der Waals surface area contributed by atoms with Crippen LogP contribution in [0, 0.1) is 5.92 Å². The molecule has 0 aliphatic carbocycles. The molecular formula is C39H38BrN5O5. The Balaban J connectivity index is 1.11. The topological polar surface area (TPSA) is 130 Å². The van der Waals surface area contributed by atoms with E-state index >= 15 is 0 Å². The summed E-state index contributed by atoms with van der Waals surface area (Å²) < 4.78 is 7.65. The van der Waals surface area contributed by atoms with Gasteiger partial charge in [-0.3, -0.25) is 14.3 Å². The predicted molar refractivity (Wildman–Crippen MR) is 195 cm³/mol. The Hall–Kier alpha value is -5.10. The monoisotopic (exact) mass is 735 g/mol. The number of aliphatic hydroxyl groups is 2. The van der Waals surface area contributed by atoms with Gasteiger partial charge in [-0.25, -0.2) is 0 Å². The second kappa shape index (κ2) is 15.2. The molecule has 3 atom stereocenters. The SMILES string of the molecule is COc1ccc(C(=O)Nc2ccc(CN3C(=O)[C@@](O)([C@@H](C)/C=C/CCn4cc(C(CO)c5ccccc5)nn4)c4cc(Br)ccc43)cc2)cc1. The lowest BCUT2D eigenvalue weighted by molar-refractivity contribution is -0.139. The largest absolute Gasteiger partial charge is 0.497 e. The molecule has 1 aromatic heterocycles. The van der Waals surface area contributed by atoms with E-state index in [1.54, 1.807) is 59.2 Å². The third-order valence-corrected chi connectivity index (χ3v) is 9.54. The maximum absolute atomic E-state index is 14.0. The molecule has 6 rings (SSSR count). The zero-order valence-corrected chi connectivity index (χ0v) is 29.3. The van der Waals surface area contributed by atoms with Gasteiger partial charge in [-0.15, -0.1) is 5.10 Å². The van der Waals surface area contributed by atoms with E-state index in [1.165, 1.54) is 0 Å². The Bertz CT molecular complexity index is 1980. The lowest BCUT2D eigenvalue weighted by atomic mass is 9.83. The number of rotatable bonds is 13. The van der Waals surface area contributed by atoms with Crippen molar-refractivity contribution in [2.75, 3.05) is 23.9 Å². The summed E-state index contributed by atoms with van der Waals surface area (Å²) in [5.41, 5.74) is 3.03. The normalized spacial score (nSPS) is 16.7. The van der Waals surface area contributed by atoms with Crippen molar-refractivity contribution in [2.45, 2.75) is 38.0 Å². The van der Waals surface area contributed by atoms with Crippen molar-refractivity contribution < 1.29 is 24.5 Å². The molecule has 0 saturated carbocycles. The van der Waals surface area contributed by atoms with Gasteiger partial charge in [-0.1, -0.05) is 82.7 Å². The molecule has 0 fully saturated rings. The highest BCUT2D eigenvalue weighted by Gasteiger charge is 2.52. The summed E-state index contributed by atoms with van der Waals surface area (Å²) in [7, 11) is 1.57. The van der Waals surface area contributed by atoms with E-state index in [0.717, 1.165) is 15.6 Å². The molecule has 1 aliphatic heterocycles. The van der Waals surface area contributed by atoms with Crippen LogP contribution in [0.3, 0.4) is 0 Å². The van der Waals surface area contributed by atoms with Gasteiger partial charge in [0.15, 0.2) is 5.60 Å². The summed E-state index contributed by atoms with van der Waals surface area (Å²) in [5, 5.41) is 33.5.